The van der Waals surface area contributed by atoms with Gasteiger partial charge in [-0.3, -0.25) is 4.79 Å². The second kappa shape index (κ2) is 19.4. The van der Waals surface area contributed by atoms with Gasteiger partial charge in [-0.15, -0.1) is 0 Å². The minimum absolute atomic E-state index is 0.000971. The summed E-state index contributed by atoms with van der Waals surface area (Å²) in [7, 11) is 1.48. The lowest BCUT2D eigenvalue weighted by Crippen LogP contribution is -2.51. The Bertz CT molecular complexity index is 2750. The van der Waals surface area contributed by atoms with Crippen LogP contribution in [0.25, 0.3) is 10.8 Å². The van der Waals surface area contributed by atoms with Gasteiger partial charge in [0.2, 0.25) is 5.75 Å². The number of ketones is 1. The van der Waals surface area contributed by atoms with Gasteiger partial charge in [0.25, 0.3) is 0 Å². The number of aliphatic hydroxyl groups excluding tert-OH is 2. The number of phenolic OH excluding ortho intramolecular Hbond substituents is 4. The van der Waals surface area contributed by atoms with Crippen molar-refractivity contribution in [3.05, 3.63) is 137 Å². The van der Waals surface area contributed by atoms with E-state index >= 15 is 4.79 Å². The monoisotopic (exact) mass is 907 g/mol. The van der Waals surface area contributed by atoms with Crippen molar-refractivity contribution in [2.24, 2.45) is 23.7 Å². The fourth-order valence-electron chi connectivity index (χ4n) is 11.5. The quantitative estimate of drug-likeness (QED) is 0.0455. The molecule has 2 aliphatic carbocycles. The number of aromatic nitrogens is 2. The van der Waals surface area contributed by atoms with Gasteiger partial charge in [-0.1, -0.05) is 37.3 Å². The first-order valence-electron chi connectivity index (χ1n) is 23.6. The Morgan fingerprint density at radius 2 is 1.81 bits per heavy atom. The molecule has 3 heterocycles. The first kappa shape index (κ1) is 45.6. The molecule has 2 bridgehead atoms. The van der Waals surface area contributed by atoms with Crippen molar-refractivity contribution in [3.63, 3.8) is 0 Å². The Balaban J connectivity index is 1.19. The highest BCUT2D eigenvalue weighted by molar-refractivity contribution is 5.92. The number of allylic oxidation sites excluding steroid dienone is 1. The number of benzene rings is 4. The molecule has 6 aromatic rings. The van der Waals surface area contributed by atoms with Crippen molar-refractivity contribution < 1.29 is 44.9 Å². The van der Waals surface area contributed by atoms with Crippen molar-refractivity contribution in [3.8, 4) is 34.5 Å². The summed E-state index contributed by atoms with van der Waals surface area (Å²) in [6, 6.07) is 25.3. The van der Waals surface area contributed by atoms with Crippen LogP contribution in [-0.2, 0) is 29.5 Å². The molecule has 1 saturated carbocycles. The van der Waals surface area contributed by atoms with Gasteiger partial charge in [-0.25, -0.2) is 4.98 Å². The molecule has 8 N–H and O–H groups in total. The van der Waals surface area contributed by atoms with E-state index in [1.54, 1.807) is 42.6 Å². The number of fused-ring (bicyclic) bond motifs is 6. The van der Waals surface area contributed by atoms with Crippen molar-refractivity contribution in [2.75, 3.05) is 19.0 Å². The third-order valence-electron chi connectivity index (χ3n) is 14.9. The average Bonchev–Trinajstić information content (AvgIpc) is 3.96. The molecule has 12 heteroatoms. The topological polar surface area (TPSA) is 198 Å². The van der Waals surface area contributed by atoms with E-state index in [2.05, 4.69) is 29.4 Å². The van der Waals surface area contributed by atoms with Crippen molar-refractivity contribution >= 4 is 28.1 Å². The number of H-pyrrole nitrogens is 1. The molecule has 0 radical (unpaired) electrons. The van der Waals surface area contributed by atoms with Gasteiger partial charge < -0.3 is 50.4 Å². The standard InChI is InChI=1S/C55H61N3O9/c1-32-5-3-6-34(23-32)31-67-51-28-37(27-49(64)54(51)65)35-10-13-42-41-14-12-40(59)25-36(41)11-15-44(42)58-52-29-38(19-22-57-52)55(20-18-45(60)43(55)30-39-7-4-21-56-39)53(48(63)26-35)47(62)17-9-33-8-16-46(61)50(24-33)66-2/h3-4,6-8,11-12,14-16,19,21-22,24-25,27-29,32,34-35,43,45,47,53,56,59-62,64-65H,5,9-10,13,17-18,20,23,26,30-31H2,1-2H3,(H,57,58). The molecule has 67 heavy (non-hydrogen) atoms. The van der Waals surface area contributed by atoms with E-state index in [4.69, 9.17) is 14.5 Å². The number of aromatic amines is 1. The number of hydrogen-bond acceptors (Lipinski definition) is 11. The Labute approximate surface area is 391 Å². The smallest absolute Gasteiger partial charge is 0.200 e. The maximum absolute atomic E-state index is 16.0. The zero-order chi connectivity index (χ0) is 46.8. The number of aromatic hydroxyl groups is 4. The predicted octanol–water partition coefficient (Wildman–Crippen LogP) is 9.67. The molecule has 8 unspecified atom stereocenters. The van der Waals surface area contributed by atoms with Crippen molar-refractivity contribution in [2.45, 2.75) is 94.7 Å². The van der Waals surface area contributed by atoms with Crippen LogP contribution in [0.2, 0.25) is 0 Å². The van der Waals surface area contributed by atoms with Crippen LogP contribution in [0.1, 0.15) is 85.7 Å². The molecule has 0 saturated heterocycles. The highest BCUT2D eigenvalue weighted by Gasteiger charge is 2.57. The predicted molar refractivity (Wildman–Crippen MR) is 257 cm³/mol. The lowest BCUT2D eigenvalue weighted by Gasteiger charge is -2.45. The number of carbonyl (C=O) groups is 1. The number of hydrogen-bond donors (Lipinski definition) is 8. The number of anilines is 2. The van der Waals surface area contributed by atoms with E-state index in [0.717, 1.165) is 51.7 Å². The lowest BCUT2D eigenvalue weighted by molar-refractivity contribution is -0.132. The first-order chi connectivity index (χ1) is 32.4. The van der Waals surface area contributed by atoms with Crippen molar-refractivity contribution in [1.29, 1.82) is 0 Å². The second-order valence-corrected chi connectivity index (χ2v) is 19.2. The molecule has 8 atom stereocenters. The SMILES string of the molecule is COc1cc(CCC(O)C2C(=O)CC(c3cc(O)c(O)c(OCC4C=CCC(C)C4)c3)CCc3c(ccc4cc(O)ccc34)Nc3cc(ccn3)C23CCC(O)C3Cc2ccc[nH]2)ccc1O. The number of phenols is 4. The summed E-state index contributed by atoms with van der Waals surface area (Å²) < 4.78 is 11.7. The number of carbonyl (C=O) groups excluding carboxylic acids is 1. The number of nitrogens with one attached hydrogen (secondary N) is 2. The van der Waals surface area contributed by atoms with Crippen LogP contribution in [0.4, 0.5) is 11.5 Å². The number of rotatable bonds is 11. The highest BCUT2D eigenvalue weighted by atomic mass is 16.5. The van der Waals surface area contributed by atoms with E-state index < -0.39 is 35.4 Å². The third kappa shape index (κ3) is 9.42. The number of aliphatic hydroxyl groups is 2. The molecule has 1 aliphatic heterocycles. The van der Waals surface area contributed by atoms with E-state index in [1.807, 2.05) is 48.7 Å². The molecule has 1 spiro atoms. The molecule has 350 valence electrons. The fraction of sp³-hybridized carbons (Fsp3) is 0.382. The number of nitrogens with zero attached hydrogens (tertiary/aromatic N) is 1. The molecule has 0 amide bonds. The maximum Gasteiger partial charge on any atom is 0.200 e. The number of aryl methyl sites for hydroxylation is 2. The summed E-state index contributed by atoms with van der Waals surface area (Å²) in [6.45, 7) is 2.50. The summed E-state index contributed by atoms with van der Waals surface area (Å²) in [6.07, 6.45) is 10.4. The minimum Gasteiger partial charge on any atom is -0.508 e. The van der Waals surface area contributed by atoms with E-state index in [9.17, 15) is 30.6 Å². The lowest BCUT2D eigenvalue weighted by atomic mass is 9.58. The Morgan fingerprint density at radius 1 is 0.940 bits per heavy atom. The van der Waals surface area contributed by atoms with Crippen molar-refractivity contribution in [1.82, 2.24) is 9.97 Å². The summed E-state index contributed by atoms with van der Waals surface area (Å²) in [4.78, 5) is 24.1. The van der Waals surface area contributed by atoms with Gasteiger partial charge in [0.05, 0.1) is 31.8 Å². The normalized spacial score (nSPS) is 24.6. The number of methoxy groups -OCH3 is 1. The minimum atomic E-state index is -1.19. The average molecular weight is 908 g/mol. The zero-order valence-electron chi connectivity index (χ0n) is 38.1. The molecule has 4 aromatic carbocycles. The fourth-order valence-corrected chi connectivity index (χ4v) is 11.5. The molecule has 3 aliphatic rings. The van der Waals surface area contributed by atoms with Crippen LogP contribution in [-0.4, -0.2) is 72.3 Å². The van der Waals surface area contributed by atoms with Gasteiger partial charge in [-0.05, 0) is 169 Å². The summed E-state index contributed by atoms with van der Waals surface area (Å²) in [5.41, 5.74) is 3.74. The van der Waals surface area contributed by atoms with Crippen LogP contribution < -0.4 is 14.8 Å². The summed E-state index contributed by atoms with van der Waals surface area (Å²) >= 11 is 0. The molecular formula is C55H61N3O9. The van der Waals surface area contributed by atoms with Gasteiger partial charge in [-0.2, -0.15) is 0 Å². The largest absolute Gasteiger partial charge is 0.508 e. The Morgan fingerprint density at radius 3 is 2.61 bits per heavy atom. The highest BCUT2D eigenvalue weighted by Crippen LogP contribution is 2.55. The number of Topliss-reactive ketones (excluding diaryl/α,β-unsaturated/α-hetero) is 1. The van der Waals surface area contributed by atoms with E-state index in [1.165, 1.54) is 13.2 Å². The van der Waals surface area contributed by atoms with Gasteiger partial charge in [0, 0.05) is 47.4 Å². The van der Waals surface area contributed by atoms with E-state index in [-0.39, 0.29) is 53.3 Å². The Hall–Kier alpha value is -6.50. The summed E-state index contributed by atoms with van der Waals surface area (Å²) in [5, 5.41) is 73.8. The van der Waals surface area contributed by atoms with Crippen LogP contribution in [0.3, 0.4) is 0 Å². The molecule has 12 nitrogen and oxygen atoms in total. The maximum atomic E-state index is 16.0. The van der Waals surface area contributed by atoms with Crippen LogP contribution in [0.5, 0.6) is 34.5 Å². The van der Waals surface area contributed by atoms with Crippen LogP contribution >= 0.6 is 0 Å². The molecular weight excluding hydrogens is 847 g/mol. The van der Waals surface area contributed by atoms with Crippen LogP contribution in [0, 0.1) is 23.7 Å². The Kier molecular flexibility index (Phi) is 13.2. The molecule has 1 fully saturated rings. The molecule has 9 rings (SSSR count). The number of ether oxygens (including phenoxy) is 2. The first-order valence-corrected chi connectivity index (χ1v) is 23.6. The molecule has 2 aromatic heterocycles. The summed E-state index contributed by atoms with van der Waals surface area (Å²) in [5.74, 6) is -1.25. The van der Waals surface area contributed by atoms with Crippen LogP contribution in [0.15, 0.2) is 109 Å². The van der Waals surface area contributed by atoms with E-state index in [0.29, 0.717) is 68.2 Å². The number of pyridine rings is 1. The third-order valence-corrected chi connectivity index (χ3v) is 14.9. The van der Waals surface area contributed by atoms with Gasteiger partial charge in [0.15, 0.2) is 23.0 Å². The van der Waals surface area contributed by atoms with Gasteiger partial charge >= 0.3 is 0 Å². The van der Waals surface area contributed by atoms with Gasteiger partial charge in [0.1, 0.15) is 17.4 Å². The second-order valence-electron chi connectivity index (χ2n) is 19.2. The zero-order valence-corrected chi connectivity index (χ0v) is 38.1.